The lowest BCUT2D eigenvalue weighted by Crippen LogP contribution is -1.98. The normalized spacial score (nSPS) is 8.11. The molecule has 46 valence electrons. The van der Waals surface area contributed by atoms with Crippen LogP contribution in [0, 0.1) is 6.92 Å². The average molecular weight is 122 g/mol. The fraction of sp³-hybridized carbons (Fsp3) is 0.143. The summed E-state index contributed by atoms with van der Waals surface area (Å²) >= 11 is 0. The van der Waals surface area contributed by atoms with Crippen molar-refractivity contribution in [3.05, 3.63) is 29.8 Å². The molecule has 0 spiro atoms. The largest absolute Gasteiger partial charge is 0.269 e. The molecule has 0 fully saturated rings. The molecule has 0 nitrogen and oxygen atoms in total. The van der Waals surface area contributed by atoms with Gasteiger partial charge in [-0.2, -0.15) is 0 Å². The molecule has 0 heterocycles. The zero-order valence-electron chi connectivity index (χ0n) is 5.29. The van der Waals surface area contributed by atoms with Crippen LogP contribution in [-0.4, -0.2) is 7.85 Å². The predicted molar refractivity (Wildman–Crippen MR) is 39.1 cm³/mol. The second-order valence-corrected chi connectivity index (χ2v) is 1.91. The van der Waals surface area contributed by atoms with Crippen molar-refractivity contribution in [2.24, 2.45) is 0 Å². The molecule has 0 unspecified atom stereocenters. The first-order chi connectivity index (χ1) is 3.79. The Labute approximate surface area is 55.7 Å². The molecular weight excluding hydrogens is 114 g/mol. The van der Waals surface area contributed by atoms with Crippen molar-refractivity contribution in [2.45, 2.75) is 6.92 Å². The van der Waals surface area contributed by atoms with Crippen LogP contribution in [0.1, 0.15) is 5.56 Å². The van der Waals surface area contributed by atoms with Crippen LogP contribution in [0.5, 0.6) is 0 Å². The Balaban J connectivity index is 0.000000640. The summed E-state index contributed by atoms with van der Waals surface area (Å²) in [7, 11) is 5.43. The number of hydrogen-bond acceptors (Lipinski definition) is 0. The number of aryl methyl sites for hydroxylation is 1. The minimum Gasteiger partial charge on any atom is -0.269 e. The van der Waals surface area contributed by atoms with Crippen molar-refractivity contribution in [1.29, 1.82) is 0 Å². The highest BCUT2D eigenvalue weighted by molar-refractivity contribution is 6.32. The molecule has 0 amide bonds. The fourth-order valence-corrected chi connectivity index (χ4v) is 0.566. The number of hydrogen-bond donors (Lipinski definition) is 0. The van der Waals surface area contributed by atoms with Crippen LogP contribution in [0.2, 0.25) is 0 Å². The highest BCUT2D eigenvalue weighted by Gasteiger charge is 1.79. The lowest BCUT2D eigenvalue weighted by atomic mass is 9.96. The van der Waals surface area contributed by atoms with E-state index < -0.39 is 0 Å². The first-order valence-electron chi connectivity index (χ1n) is 2.61. The quantitative estimate of drug-likeness (QED) is 0.449. The Morgan fingerprint density at radius 1 is 1.11 bits per heavy atom. The molecule has 0 aromatic heterocycles. The summed E-state index contributed by atoms with van der Waals surface area (Å²) in [6.45, 7) is 2.04. The molecule has 0 N–H and O–H groups in total. The van der Waals surface area contributed by atoms with E-state index in [-0.39, 0.29) is 4.70 Å². The molecule has 0 saturated heterocycles. The second kappa shape index (κ2) is 3.28. The molecule has 1 aromatic carbocycles. The summed E-state index contributed by atoms with van der Waals surface area (Å²) in [6, 6.07) is 7.79. The van der Waals surface area contributed by atoms with Crippen molar-refractivity contribution in [2.75, 3.05) is 0 Å². The van der Waals surface area contributed by atoms with Gasteiger partial charge in [-0.15, -0.1) is 0 Å². The van der Waals surface area contributed by atoms with Gasteiger partial charge in [-0.3, -0.25) is 4.70 Å². The van der Waals surface area contributed by atoms with Gasteiger partial charge in [-0.25, -0.2) is 0 Å². The number of rotatable bonds is 0. The van der Waals surface area contributed by atoms with Gasteiger partial charge in [0.15, 0.2) is 0 Å². The smallest absolute Gasteiger partial charge is 0.113 e. The first kappa shape index (κ1) is 8.21. The van der Waals surface area contributed by atoms with Crippen molar-refractivity contribution < 1.29 is 4.70 Å². The maximum atomic E-state index is 5.43. The zero-order valence-corrected chi connectivity index (χ0v) is 5.29. The van der Waals surface area contributed by atoms with Gasteiger partial charge in [-0.05, 0) is 6.92 Å². The highest BCUT2D eigenvalue weighted by Crippen LogP contribution is 1.90. The van der Waals surface area contributed by atoms with Crippen molar-refractivity contribution in [1.82, 2.24) is 0 Å². The van der Waals surface area contributed by atoms with Crippen LogP contribution in [-0.2, 0) is 0 Å². The molecule has 2 heteroatoms. The van der Waals surface area contributed by atoms with Gasteiger partial charge in [0.25, 0.3) is 0 Å². The summed E-state index contributed by atoms with van der Waals surface area (Å²) in [5.41, 5.74) is 2.08. The van der Waals surface area contributed by atoms with E-state index in [1.807, 2.05) is 31.2 Å². The molecule has 0 aliphatic heterocycles. The van der Waals surface area contributed by atoms with Crippen LogP contribution in [0.15, 0.2) is 24.3 Å². The minimum absolute atomic E-state index is 0. The van der Waals surface area contributed by atoms with E-state index in [9.17, 15) is 0 Å². The summed E-state index contributed by atoms with van der Waals surface area (Å²) < 4.78 is 0. The maximum absolute atomic E-state index is 5.43. The van der Waals surface area contributed by atoms with E-state index >= 15 is 0 Å². The number of halogens is 1. The second-order valence-electron chi connectivity index (χ2n) is 1.91. The van der Waals surface area contributed by atoms with E-state index in [0.29, 0.717) is 0 Å². The standard InChI is InChI=1S/C7H7B.FH/c1-6-2-4-7(8)5-3-6;/h2-5H,1H3;1H. The molecular formula is C7H8BF. The Morgan fingerprint density at radius 3 is 1.89 bits per heavy atom. The van der Waals surface area contributed by atoms with Gasteiger partial charge < -0.3 is 0 Å². The van der Waals surface area contributed by atoms with Crippen LogP contribution in [0.4, 0.5) is 4.70 Å². The lowest BCUT2D eigenvalue weighted by Gasteiger charge is -1.90. The van der Waals surface area contributed by atoms with E-state index in [1.165, 1.54) is 5.56 Å². The third-order valence-corrected chi connectivity index (χ3v) is 1.08. The minimum atomic E-state index is 0. The van der Waals surface area contributed by atoms with E-state index in [0.717, 1.165) is 5.46 Å². The lowest BCUT2D eigenvalue weighted by molar-refractivity contribution is 1.11. The van der Waals surface area contributed by atoms with E-state index in [4.69, 9.17) is 7.85 Å². The molecule has 9 heavy (non-hydrogen) atoms. The zero-order chi connectivity index (χ0) is 5.98. The average Bonchev–Trinajstić information content (AvgIpc) is 1.77. The maximum Gasteiger partial charge on any atom is 0.113 e. The highest BCUT2D eigenvalue weighted by atomic mass is 19.0. The molecule has 2 radical (unpaired) electrons. The Kier molecular flexibility index (Phi) is 3.00. The molecule has 0 bridgehead atoms. The van der Waals surface area contributed by atoms with Gasteiger partial charge in [-0.1, -0.05) is 35.3 Å². The Bertz CT molecular complexity index is 148. The summed E-state index contributed by atoms with van der Waals surface area (Å²) in [4.78, 5) is 0. The van der Waals surface area contributed by atoms with Crippen LogP contribution in [0.25, 0.3) is 0 Å². The third kappa shape index (κ3) is 2.31. The van der Waals surface area contributed by atoms with E-state index in [1.54, 1.807) is 0 Å². The van der Waals surface area contributed by atoms with Crippen molar-refractivity contribution in [3.63, 3.8) is 0 Å². The fourth-order valence-electron chi connectivity index (χ4n) is 0.566. The van der Waals surface area contributed by atoms with Crippen molar-refractivity contribution >= 4 is 13.3 Å². The molecule has 1 aromatic rings. The SMILES string of the molecule is F.[B]c1ccc(C)cc1. The van der Waals surface area contributed by atoms with Gasteiger partial charge in [0.2, 0.25) is 0 Å². The van der Waals surface area contributed by atoms with Gasteiger partial charge in [0.05, 0.1) is 0 Å². The summed E-state index contributed by atoms with van der Waals surface area (Å²) in [6.07, 6.45) is 0. The number of benzene rings is 1. The first-order valence-corrected chi connectivity index (χ1v) is 2.61. The van der Waals surface area contributed by atoms with Gasteiger partial charge >= 0.3 is 0 Å². The molecule has 1 rings (SSSR count). The third-order valence-electron chi connectivity index (χ3n) is 1.08. The van der Waals surface area contributed by atoms with Crippen LogP contribution in [0.3, 0.4) is 0 Å². The Morgan fingerprint density at radius 2 is 1.56 bits per heavy atom. The van der Waals surface area contributed by atoms with Crippen molar-refractivity contribution in [3.8, 4) is 0 Å². The summed E-state index contributed by atoms with van der Waals surface area (Å²) in [5.74, 6) is 0. The van der Waals surface area contributed by atoms with Crippen LogP contribution >= 0.6 is 0 Å². The summed E-state index contributed by atoms with van der Waals surface area (Å²) in [5, 5.41) is 0. The van der Waals surface area contributed by atoms with Gasteiger partial charge in [0.1, 0.15) is 7.85 Å². The molecule has 0 saturated carbocycles. The monoisotopic (exact) mass is 122 g/mol. The molecule has 0 aliphatic rings. The molecule has 0 aliphatic carbocycles. The topological polar surface area (TPSA) is 0 Å². The van der Waals surface area contributed by atoms with E-state index in [2.05, 4.69) is 0 Å². The van der Waals surface area contributed by atoms with Gasteiger partial charge in [0, 0.05) is 0 Å². The molecule has 0 atom stereocenters. The predicted octanol–water partition coefficient (Wildman–Crippen LogP) is 0.941. The van der Waals surface area contributed by atoms with Crippen LogP contribution < -0.4 is 5.46 Å². The Hall–Kier alpha value is -0.785.